The average Bonchev–Trinajstić information content (AvgIpc) is 2.63. The lowest BCUT2D eigenvalue weighted by Crippen LogP contribution is -2.10. The molecule has 0 fully saturated rings. The number of rotatable bonds is 4. The van der Waals surface area contributed by atoms with Crippen molar-refractivity contribution in [1.82, 2.24) is 0 Å². The van der Waals surface area contributed by atoms with Crippen molar-refractivity contribution < 1.29 is 14.5 Å². The van der Waals surface area contributed by atoms with Gasteiger partial charge in [0.25, 0.3) is 5.69 Å². The Morgan fingerprint density at radius 2 is 1.44 bits per heavy atom. The molecule has 124 valence electrons. The van der Waals surface area contributed by atoms with Gasteiger partial charge in [-0.15, -0.1) is 0 Å². The zero-order chi connectivity index (χ0) is 17.8. The maximum Gasteiger partial charge on any atom is 0.350 e. The molecule has 0 aromatic heterocycles. The summed E-state index contributed by atoms with van der Waals surface area (Å²) in [5, 5.41) is 11.0. The molecule has 0 aliphatic heterocycles. The highest BCUT2D eigenvalue weighted by molar-refractivity contribution is 5.95. The summed E-state index contributed by atoms with van der Waals surface area (Å²) < 4.78 is 5.26. The summed E-state index contributed by atoms with van der Waals surface area (Å²) in [5.74, 6) is -0.422. The van der Waals surface area contributed by atoms with E-state index in [0.29, 0.717) is 5.75 Å². The second kappa shape index (κ2) is 6.97. The SMILES string of the molecule is Cc1ccc(-c2ccc(OC(=O)c3ccccc3[N+](=O)[O-])cc2)cc1. The summed E-state index contributed by atoms with van der Waals surface area (Å²) in [4.78, 5) is 22.6. The Morgan fingerprint density at radius 3 is 2.04 bits per heavy atom. The highest BCUT2D eigenvalue weighted by Gasteiger charge is 2.20. The third kappa shape index (κ3) is 3.72. The van der Waals surface area contributed by atoms with E-state index < -0.39 is 10.9 Å². The van der Waals surface area contributed by atoms with Crippen LogP contribution in [0.1, 0.15) is 15.9 Å². The first kappa shape index (κ1) is 16.4. The van der Waals surface area contributed by atoms with E-state index in [2.05, 4.69) is 0 Å². The van der Waals surface area contributed by atoms with Gasteiger partial charge in [0, 0.05) is 6.07 Å². The first-order chi connectivity index (χ1) is 12.0. The number of benzene rings is 3. The topological polar surface area (TPSA) is 69.4 Å². The summed E-state index contributed by atoms with van der Waals surface area (Å²) in [6.45, 7) is 2.02. The van der Waals surface area contributed by atoms with E-state index >= 15 is 0 Å². The molecule has 3 rings (SSSR count). The van der Waals surface area contributed by atoms with Crippen LogP contribution < -0.4 is 4.74 Å². The summed E-state index contributed by atoms with van der Waals surface area (Å²) >= 11 is 0. The fraction of sp³-hybridized carbons (Fsp3) is 0.0500. The number of nitro groups is 1. The monoisotopic (exact) mass is 333 g/mol. The Kier molecular flexibility index (Phi) is 4.57. The molecule has 0 bridgehead atoms. The Balaban J connectivity index is 1.79. The first-order valence-electron chi connectivity index (χ1n) is 7.67. The van der Waals surface area contributed by atoms with Crippen LogP contribution in [-0.4, -0.2) is 10.9 Å². The molecule has 5 heteroatoms. The van der Waals surface area contributed by atoms with Crippen LogP contribution in [0.4, 0.5) is 5.69 Å². The fourth-order valence-electron chi connectivity index (χ4n) is 2.43. The summed E-state index contributed by atoms with van der Waals surface area (Å²) in [6.07, 6.45) is 0. The molecule has 25 heavy (non-hydrogen) atoms. The van der Waals surface area contributed by atoms with Gasteiger partial charge >= 0.3 is 5.97 Å². The van der Waals surface area contributed by atoms with Crippen LogP contribution >= 0.6 is 0 Å². The Morgan fingerprint density at radius 1 is 0.880 bits per heavy atom. The Bertz CT molecular complexity index is 915. The molecule has 3 aromatic rings. The minimum Gasteiger partial charge on any atom is -0.423 e. The number of hydrogen-bond donors (Lipinski definition) is 0. The number of ether oxygens (including phenoxy) is 1. The predicted octanol–water partition coefficient (Wildman–Crippen LogP) is 4.79. The second-order valence-corrected chi connectivity index (χ2v) is 5.55. The van der Waals surface area contributed by atoms with Crippen molar-refractivity contribution in [2.75, 3.05) is 0 Å². The number of esters is 1. The van der Waals surface area contributed by atoms with Crippen molar-refractivity contribution >= 4 is 11.7 Å². The van der Waals surface area contributed by atoms with E-state index in [1.807, 2.05) is 43.3 Å². The molecular formula is C20H15NO4. The van der Waals surface area contributed by atoms with Gasteiger partial charge in [-0.05, 0) is 36.2 Å². The van der Waals surface area contributed by atoms with Gasteiger partial charge in [0.2, 0.25) is 0 Å². The molecule has 0 aliphatic carbocycles. The molecule has 0 atom stereocenters. The minimum absolute atomic E-state index is 0.0740. The van der Waals surface area contributed by atoms with Crippen molar-refractivity contribution in [2.24, 2.45) is 0 Å². The van der Waals surface area contributed by atoms with Gasteiger partial charge < -0.3 is 4.74 Å². The van der Waals surface area contributed by atoms with E-state index in [1.165, 1.54) is 23.8 Å². The third-order valence-electron chi connectivity index (χ3n) is 3.77. The van der Waals surface area contributed by atoms with E-state index in [9.17, 15) is 14.9 Å². The largest absolute Gasteiger partial charge is 0.423 e. The number of nitro benzene ring substituents is 1. The average molecular weight is 333 g/mol. The van der Waals surface area contributed by atoms with E-state index in [1.54, 1.807) is 18.2 Å². The van der Waals surface area contributed by atoms with Gasteiger partial charge in [0.15, 0.2) is 0 Å². The zero-order valence-corrected chi connectivity index (χ0v) is 13.5. The second-order valence-electron chi connectivity index (χ2n) is 5.55. The van der Waals surface area contributed by atoms with Crippen molar-refractivity contribution in [3.63, 3.8) is 0 Å². The highest BCUT2D eigenvalue weighted by Crippen LogP contribution is 2.24. The van der Waals surface area contributed by atoms with Gasteiger partial charge in [-0.3, -0.25) is 10.1 Å². The first-order valence-corrected chi connectivity index (χ1v) is 7.67. The molecule has 0 unspecified atom stereocenters. The van der Waals surface area contributed by atoms with Gasteiger partial charge in [-0.2, -0.15) is 0 Å². The third-order valence-corrected chi connectivity index (χ3v) is 3.77. The summed E-state index contributed by atoms with van der Waals surface area (Å²) in [7, 11) is 0. The normalized spacial score (nSPS) is 10.3. The number of aryl methyl sites for hydroxylation is 1. The highest BCUT2D eigenvalue weighted by atomic mass is 16.6. The van der Waals surface area contributed by atoms with Gasteiger partial charge in [-0.1, -0.05) is 54.1 Å². The van der Waals surface area contributed by atoms with Crippen molar-refractivity contribution in [2.45, 2.75) is 6.92 Å². The smallest absolute Gasteiger partial charge is 0.350 e. The molecule has 0 radical (unpaired) electrons. The molecule has 0 heterocycles. The zero-order valence-electron chi connectivity index (χ0n) is 13.5. The number of para-hydroxylation sites is 1. The molecule has 3 aromatic carbocycles. The van der Waals surface area contributed by atoms with Crippen LogP contribution in [0.3, 0.4) is 0 Å². The van der Waals surface area contributed by atoms with Crippen LogP contribution in [0.25, 0.3) is 11.1 Å². The molecule has 0 aliphatic rings. The van der Waals surface area contributed by atoms with Gasteiger partial charge in [-0.25, -0.2) is 4.79 Å². The summed E-state index contributed by atoms with van der Waals surface area (Å²) in [5.41, 5.74) is 2.88. The lowest BCUT2D eigenvalue weighted by atomic mass is 10.0. The molecule has 0 saturated heterocycles. The van der Waals surface area contributed by atoms with Crippen LogP contribution in [-0.2, 0) is 0 Å². The number of hydrogen-bond acceptors (Lipinski definition) is 4. The molecular weight excluding hydrogens is 318 g/mol. The molecule has 0 N–H and O–H groups in total. The lowest BCUT2D eigenvalue weighted by Gasteiger charge is -2.07. The maximum absolute atomic E-state index is 12.2. The molecule has 5 nitrogen and oxygen atoms in total. The maximum atomic E-state index is 12.2. The molecule has 0 spiro atoms. The molecule has 0 saturated carbocycles. The van der Waals surface area contributed by atoms with Crippen LogP contribution in [0.15, 0.2) is 72.8 Å². The number of carbonyl (C=O) groups excluding carboxylic acids is 1. The van der Waals surface area contributed by atoms with Crippen molar-refractivity contribution in [3.05, 3.63) is 94.0 Å². The Hall–Kier alpha value is -3.47. The van der Waals surface area contributed by atoms with Crippen LogP contribution in [0, 0.1) is 17.0 Å². The van der Waals surface area contributed by atoms with Crippen LogP contribution in [0.2, 0.25) is 0 Å². The number of nitrogens with zero attached hydrogens (tertiary/aromatic N) is 1. The minimum atomic E-state index is -0.754. The number of carbonyl (C=O) groups is 1. The fourth-order valence-corrected chi connectivity index (χ4v) is 2.43. The summed E-state index contributed by atoms with van der Waals surface area (Å²) in [6, 6.07) is 20.8. The van der Waals surface area contributed by atoms with Gasteiger partial charge in [0.05, 0.1) is 4.92 Å². The Labute approximate surface area is 144 Å². The van der Waals surface area contributed by atoms with Crippen molar-refractivity contribution in [1.29, 1.82) is 0 Å². The molecule has 0 amide bonds. The van der Waals surface area contributed by atoms with E-state index in [-0.39, 0.29) is 11.3 Å². The van der Waals surface area contributed by atoms with Crippen molar-refractivity contribution in [3.8, 4) is 16.9 Å². The standard InChI is InChI=1S/C20H15NO4/c1-14-6-8-15(9-7-14)16-10-12-17(13-11-16)25-20(22)18-4-2-3-5-19(18)21(23)24/h2-13H,1H3. The quantitative estimate of drug-likeness (QED) is 0.298. The van der Waals surface area contributed by atoms with Crippen LogP contribution in [0.5, 0.6) is 5.75 Å². The van der Waals surface area contributed by atoms with E-state index in [0.717, 1.165) is 11.1 Å². The van der Waals surface area contributed by atoms with Gasteiger partial charge in [0.1, 0.15) is 11.3 Å². The lowest BCUT2D eigenvalue weighted by molar-refractivity contribution is -0.385. The van der Waals surface area contributed by atoms with E-state index in [4.69, 9.17) is 4.74 Å². The predicted molar refractivity (Wildman–Crippen MR) is 94.7 cm³/mol.